The van der Waals surface area contributed by atoms with E-state index in [1.165, 1.54) is 6.26 Å². The minimum Gasteiger partial charge on any atom is -0.388 e. The molecule has 18 heavy (non-hydrogen) atoms. The number of aromatic nitrogens is 3. The Morgan fingerprint density at radius 1 is 1.33 bits per heavy atom. The molecule has 1 N–H and O–H groups in total. The van der Waals surface area contributed by atoms with Gasteiger partial charge in [-0.1, -0.05) is 13.8 Å². The van der Waals surface area contributed by atoms with Gasteiger partial charge < -0.3 is 9.67 Å². The molecule has 0 aliphatic carbocycles. The fourth-order valence-corrected chi connectivity index (χ4v) is 2.10. The summed E-state index contributed by atoms with van der Waals surface area (Å²) in [6.45, 7) is 7.56. The molecule has 1 aromatic rings. The van der Waals surface area contributed by atoms with E-state index in [1.807, 2.05) is 13.8 Å². The van der Waals surface area contributed by atoms with Crippen molar-refractivity contribution in [2.45, 2.75) is 45.6 Å². The van der Waals surface area contributed by atoms with E-state index in [4.69, 9.17) is 0 Å². The summed E-state index contributed by atoms with van der Waals surface area (Å²) >= 11 is 0. The summed E-state index contributed by atoms with van der Waals surface area (Å²) in [6.07, 6.45) is 1.18. The highest BCUT2D eigenvalue weighted by atomic mass is 32.2. The van der Waals surface area contributed by atoms with Gasteiger partial charge in [0.15, 0.2) is 21.5 Å². The van der Waals surface area contributed by atoms with Gasteiger partial charge in [-0.05, 0) is 19.8 Å². The highest BCUT2D eigenvalue weighted by Gasteiger charge is 2.38. The van der Waals surface area contributed by atoms with E-state index in [0.717, 1.165) is 0 Å². The van der Waals surface area contributed by atoms with Crippen LogP contribution in [0.5, 0.6) is 0 Å². The molecule has 0 radical (unpaired) electrons. The fourth-order valence-electron chi connectivity index (χ4n) is 1.62. The van der Waals surface area contributed by atoms with Crippen LogP contribution in [0.1, 0.15) is 39.3 Å². The molecule has 0 aliphatic heterocycles. The molecule has 104 valence electrons. The van der Waals surface area contributed by atoms with E-state index in [0.29, 0.717) is 24.1 Å². The maximum Gasteiger partial charge on any atom is 0.159 e. The van der Waals surface area contributed by atoms with Crippen LogP contribution < -0.4 is 0 Å². The van der Waals surface area contributed by atoms with Crippen LogP contribution in [0.4, 0.5) is 0 Å². The second-order valence-electron chi connectivity index (χ2n) is 5.38. The SMILES string of the molecule is CC(C)Cn1c(CO)nnc1C(C)(C)S(C)(=O)=O. The van der Waals surface area contributed by atoms with Gasteiger partial charge in [0.05, 0.1) is 0 Å². The second kappa shape index (κ2) is 4.97. The highest BCUT2D eigenvalue weighted by Crippen LogP contribution is 2.28. The predicted molar refractivity (Wildman–Crippen MR) is 68.7 cm³/mol. The van der Waals surface area contributed by atoms with E-state index in [9.17, 15) is 13.5 Å². The first kappa shape index (κ1) is 15.1. The van der Waals surface area contributed by atoms with Crippen LogP contribution in [0.25, 0.3) is 0 Å². The lowest BCUT2D eigenvalue weighted by atomic mass is 10.1. The Balaban J connectivity index is 3.37. The molecule has 6 nitrogen and oxygen atoms in total. The van der Waals surface area contributed by atoms with Crippen molar-refractivity contribution in [1.82, 2.24) is 14.8 Å². The number of hydrogen-bond donors (Lipinski definition) is 1. The number of aliphatic hydroxyl groups is 1. The first-order valence-electron chi connectivity index (χ1n) is 5.84. The maximum atomic E-state index is 11.8. The lowest BCUT2D eigenvalue weighted by Crippen LogP contribution is -2.32. The van der Waals surface area contributed by atoms with Crippen molar-refractivity contribution in [2.24, 2.45) is 5.92 Å². The van der Waals surface area contributed by atoms with Crippen LogP contribution in [-0.4, -0.2) is 34.5 Å². The Kier molecular flexibility index (Phi) is 4.17. The normalized spacial score (nSPS) is 13.3. The van der Waals surface area contributed by atoms with Crippen molar-refractivity contribution in [3.63, 3.8) is 0 Å². The molecule has 0 spiro atoms. The molecule has 0 unspecified atom stereocenters. The van der Waals surface area contributed by atoms with Crippen molar-refractivity contribution < 1.29 is 13.5 Å². The van der Waals surface area contributed by atoms with Gasteiger partial charge in [0, 0.05) is 12.8 Å². The van der Waals surface area contributed by atoms with Crippen molar-refractivity contribution >= 4 is 9.84 Å². The van der Waals surface area contributed by atoms with Crippen molar-refractivity contribution in [3.05, 3.63) is 11.6 Å². The lowest BCUT2D eigenvalue weighted by molar-refractivity contribution is 0.261. The summed E-state index contributed by atoms with van der Waals surface area (Å²) in [4.78, 5) is 0. The molecular weight excluding hydrogens is 254 g/mol. The quantitative estimate of drug-likeness (QED) is 0.855. The molecule has 0 fully saturated rings. The van der Waals surface area contributed by atoms with Crippen LogP contribution in [0.3, 0.4) is 0 Å². The molecule has 1 rings (SSSR count). The molecule has 0 aliphatic rings. The van der Waals surface area contributed by atoms with Crippen LogP contribution in [0.2, 0.25) is 0 Å². The van der Waals surface area contributed by atoms with Crippen molar-refractivity contribution in [2.75, 3.05) is 6.26 Å². The van der Waals surface area contributed by atoms with Crippen molar-refractivity contribution in [1.29, 1.82) is 0 Å². The highest BCUT2D eigenvalue weighted by molar-refractivity contribution is 7.91. The summed E-state index contributed by atoms with van der Waals surface area (Å²) in [5, 5.41) is 17.1. The van der Waals surface area contributed by atoms with Crippen molar-refractivity contribution in [3.8, 4) is 0 Å². The Hall–Kier alpha value is -0.950. The van der Waals surface area contributed by atoms with Crippen LogP contribution in [0.15, 0.2) is 0 Å². The van der Waals surface area contributed by atoms with E-state index in [2.05, 4.69) is 10.2 Å². The summed E-state index contributed by atoms with van der Waals surface area (Å²) < 4.78 is 24.3. The zero-order valence-corrected chi connectivity index (χ0v) is 12.3. The summed E-state index contributed by atoms with van der Waals surface area (Å²) in [5.41, 5.74) is 0. The fraction of sp³-hybridized carbons (Fsp3) is 0.818. The number of hydrogen-bond acceptors (Lipinski definition) is 5. The first-order valence-corrected chi connectivity index (χ1v) is 7.73. The molecule has 1 heterocycles. The van der Waals surface area contributed by atoms with Gasteiger partial charge in [-0.25, -0.2) is 8.42 Å². The predicted octanol–water partition coefficient (Wildman–Crippen LogP) is 0.706. The van der Waals surface area contributed by atoms with Crippen LogP contribution >= 0.6 is 0 Å². The van der Waals surface area contributed by atoms with E-state index >= 15 is 0 Å². The summed E-state index contributed by atoms with van der Waals surface area (Å²) in [6, 6.07) is 0. The molecule has 0 amide bonds. The standard InChI is InChI=1S/C11H21N3O3S/c1-8(2)6-14-9(7-15)12-13-10(14)11(3,4)18(5,16)17/h8,15H,6-7H2,1-5H3. The molecule has 0 aromatic carbocycles. The second-order valence-corrected chi connectivity index (χ2v) is 7.95. The average Bonchev–Trinajstić information content (AvgIpc) is 2.58. The first-order chi connectivity index (χ1) is 8.11. The molecule has 0 atom stereocenters. The monoisotopic (exact) mass is 275 g/mol. The average molecular weight is 275 g/mol. The molecule has 7 heteroatoms. The van der Waals surface area contributed by atoms with Gasteiger partial charge in [0.25, 0.3) is 0 Å². The topological polar surface area (TPSA) is 85.1 Å². The minimum absolute atomic E-state index is 0.250. The van der Waals surface area contributed by atoms with E-state index in [-0.39, 0.29) is 6.61 Å². The molecular formula is C11H21N3O3S. The molecule has 0 saturated carbocycles. The number of aliphatic hydroxyl groups excluding tert-OH is 1. The van der Waals surface area contributed by atoms with Gasteiger partial charge >= 0.3 is 0 Å². The summed E-state index contributed by atoms with van der Waals surface area (Å²) in [5.74, 6) is 1.08. The Morgan fingerprint density at radius 3 is 2.28 bits per heavy atom. The summed E-state index contributed by atoms with van der Waals surface area (Å²) in [7, 11) is -3.31. The smallest absolute Gasteiger partial charge is 0.159 e. The zero-order chi connectivity index (χ0) is 14.1. The van der Waals surface area contributed by atoms with E-state index in [1.54, 1.807) is 18.4 Å². The van der Waals surface area contributed by atoms with Gasteiger partial charge in [-0.3, -0.25) is 0 Å². The molecule has 1 aromatic heterocycles. The number of rotatable bonds is 5. The molecule has 0 saturated heterocycles. The minimum atomic E-state index is -3.31. The Morgan fingerprint density at radius 2 is 1.89 bits per heavy atom. The largest absolute Gasteiger partial charge is 0.388 e. The zero-order valence-electron chi connectivity index (χ0n) is 11.5. The number of sulfone groups is 1. The van der Waals surface area contributed by atoms with Gasteiger partial charge in [0.1, 0.15) is 11.4 Å². The van der Waals surface area contributed by atoms with Gasteiger partial charge in [0.2, 0.25) is 0 Å². The Labute approximate surface area is 108 Å². The van der Waals surface area contributed by atoms with Gasteiger partial charge in [-0.2, -0.15) is 0 Å². The third-order valence-electron chi connectivity index (χ3n) is 2.98. The lowest BCUT2D eigenvalue weighted by Gasteiger charge is -2.23. The Bertz CT molecular complexity index is 518. The molecule has 0 bridgehead atoms. The third kappa shape index (κ3) is 2.72. The third-order valence-corrected chi connectivity index (χ3v) is 5.02. The van der Waals surface area contributed by atoms with Crippen LogP contribution in [-0.2, 0) is 27.7 Å². The van der Waals surface area contributed by atoms with Gasteiger partial charge in [-0.15, -0.1) is 10.2 Å². The maximum absolute atomic E-state index is 11.8. The number of nitrogens with zero attached hydrogens (tertiary/aromatic N) is 3. The van der Waals surface area contributed by atoms with E-state index < -0.39 is 14.6 Å². The van der Waals surface area contributed by atoms with Crippen LogP contribution in [0, 0.1) is 5.92 Å².